The smallest absolute Gasteiger partial charge is 0.252 e. The van der Waals surface area contributed by atoms with Gasteiger partial charge in [0.1, 0.15) is 11.0 Å². The van der Waals surface area contributed by atoms with E-state index < -0.39 is 6.04 Å². The molecule has 6 nitrogen and oxygen atoms in total. The topological polar surface area (TPSA) is 84.0 Å². The number of hydrogen-bond acceptors (Lipinski definition) is 5. The third kappa shape index (κ3) is 5.25. The van der Waals surface area contributed by atoms with E-state index in [4.69, 9.17) is 0 Å². The number of benzene rings is 3. The van der Waals surface area contributed by atoms with Crippen molar-refractivity contribution in [2.75, 3.05) is 5.32 Å². The molecule has 2 N–H and O–H groups in total. The van der Waals surface area contributed by atoms with Gasteiger partial charge in [-0.15, -0.1) is 10.2 Å². The summed E-state index contributed by atoms with van der Waals surface area (Å²) in [6.07, 6.45) is 0.356. The Morgan fingerprint density at radius 3 is 2.25 bits per heavy atom. The van der Waals surface area contributed by atoms with Crippen LogP contribution in [0.2, 0.25) is 0 Å². The maximum absolute atomic E-state index is 13.1. The largest absolute Gasteiger partial charge is 0.340 e. The lowest BCUT2D eigenvalue weighted by Crippen LogP contribution is -2.45. The maximum Gasteiger partial charge on any atom is 0.252 e. The molecule has 1 atom stereocenters. The Balaban J connectivity index is 1.52. The molecule has 1 heterocycles. The van der Waals surface area contributed by atoms with Crippen LogP contribution in [0.5, 0.6) is 0 Å². The van der Waals surface area contributed by atoms with Crippen LogP contribution in [0.1, 0.15) is 21.5 Å². The van der Waals surface area contributed by atoms with E-state index in [1.54, 1.807) is 12.1 Å². The molecule has 32 heavy (non-hydrogen) atoms. The molecule has 1 aromatic heterocycles. The SMILES string of the molecule is Cc1ccccc1C(=O)NC(Cc1ccccc1)C(=O)Nc1nnc(-c2ccccc2)s1. The molecule has 7 heteroatoms. The van der Waals surface area contributed by atoms with Gasteiger partial charge in [-0.1, -0.05) is 90.2 Å². The minimum Gasteiger partial charge on any atom is -0.340 e. The number of carbonyl (C=O) groups is 2. The van der Waals surface area contributed by atoms with Crippen molar-refractivity contribution >= 4 is 28.3 Å². The van der Waals surface area contributed by atoms with E-state index in [0.717, 1.165) is 16.7 Å². The third-order valence-corrected chi connectivity index (χ3v) is 5.86. The fourth-order valence-electron chi connectivity index (χ4n) is 3.29. The van der Waals surface area contributed by atoms with Crippen LogP contribution >= 0.6 is 11.3 Å². The van der Waals surface area contributed by atoms with Crippen molar-refractivity contribution in [3.05, 3.63) is 102 Å². The van der Waals surface area contributed by atoms with Gasteiger partial charge in [-0.3, -0.25) is 14.9 Å². The number of amides is 2. The van der Waals surface area contributed by atoms with E-state index in [2.05, 4.69) is 20.8 Å². The molecular formula is C25H22N4O2S. The third-order valence-electron chi connectivity index (χ3n) is 4.97. The van der Waals surface area contributed by atoms with E-state index in [0.29, 0.717) is 22.1 Å². The number of aromatic nitrogens is 2. The zero-order valence-corrected chi connectivity index (χ0v) is 18.3. The summed E-state index contributed by atoms with van der Waals surface area (Å²) in [6.45, 7) is 1.87. The van der Waals surface area contributed by atoms with Gasteiger partial charge < -0.3 is 5.32 Å². The summed E-state index contributed by atoms with van der Waals surface area (Å²) in [5.41, 5.74) is 3.26. The molecule has 160 valence electrons. The second-order valence-electron chi connectivity index (χ2n) is 7.30. The Labute approximate surface area is 190 Å². The van der Waals surface area contributed by atoms with Crippen LogP contribution in [0.3, 0.4) is 0 Å². The van der Waals surface area contributed by atoms with Gasteiger partial charge in [0.25, 0.3) is 5.91 Å². The minimum atomic E-state index is -0.770. The monoisotopic (exact) mass is 442 g/mol. The Kier molecular flexibility index (Phi) is 6.67. The molecule has 0 fully saturated rings. The zero-order chi connectivity index (χ0) is 22.3. The number of aryl methyl sites for hydroxylation is 1. The minimum absolute atomic E-state index is 0.290. The summed E-state index contributed by atoms with van der Waals surface area (Å²) in [6, 6.07) is 25.8. The van der Waals surface area contributed by atoms with E-state index in [1.807, 2.05) is 79.7 Å². The van der Waals surface area contributed by atoms with Gasteiger partial charge in [-0.25, -0.2) is 0 Å². The van der Waals surface area contributed by atoms with Crippen LogP contribution < -0.4 is 10.6 Å². The molecule has 0 saturated heterocycles. The highest BCUT2D eigenvalue weighted by molar-refractivity contribution is 7.18. The molecule has 4 aromatic rings. The molecule has 0 aliphatic rings. The summed E-state index contributed by atoms with van der Waals surface area (Å²) in [5, 5.41) is 15.1. The molecule has 0 bridgehead atoms. The molecule has 0 saturated carbocycles. The first-order valence-corrected chi connectivity index (χ1v) is 11.0. The maximum atomic E-state index is 13.1. The van der Waals surface area contributed by atoms with Crippen LogP contribution in [-0.2, 0) is 11.2 Å². The van der Waals surface area contributed by atoms with E-state index in [-0.39, 0.29) is 11.8 Å². The van der Waals surface area contributed by atoms with Crippen molar-refractivity contribution in [3.63, 3.8) is 0 Å². The standard InChI is InChI=1S/C25H22N4O2S/c1-17-10-8-9-15-20(17)22(30)26-21(16-18-11-4-2-5-12-18)23(31)27-25-29-28-24(32-25)19-13-6-3-7-14-19/h2-15,21H,16H2,1H3,(H,26,30)(H,27,29,31). The lowest BCUT2D eigenvalue weighted by molar-refractivity contribution is -0.118. The second kappa shape index (κ2) is 9.98. The first-order chi connectivity index (χ1) is 15.6. The predicted octanol–water partition coefficient (Wildman–Crippen LogP) is 4.49. The summed E-state index contributed by atoms with van der Waals surface area (Å²) in [4.78, 5) is 26.0. The van der Waals surface area contributed by atoms with Gasteiger partial charge in [0.2, 0.25) is 11.0 Å². The highest BCUT2D eigenvalue weighted by Crippen LogP contribution is 2.26. The van der Waals surface area contributed by atoms with E-state index >= 15 is 0 Å². The molecule has 1 unspecified atom stereocenters. The van der Waals surface area contributed by atoms with Crippen molar-refractivity contribution < 1.29 is 9.59 Å². The summed E-state index contributed by atoms with van der Waals surface area (Å²) in [5.74, 6) is -0.632. The summed E-state index contributed by atoms with van der Waals surface area (Å²) < 4.78 is 0. The molecule has 2 amide bonds. The molecule has 0 spiro atoms. The fourth-order valence-corrected chi connectivity index (χ4v) is 4.04. The fraction of sp³-hybridized carbons (Fsp3) is 0.120. The molecular weight excluding hydrogens is 420 g/mol. The average molecular weight is 443 g/mol. The Morgan fingerprint density at radius 1 is 0.875 bits per heavy atom. The van der Waals surface area contributed by atoms with Gasteiger partial charge >= 0.3 is 0 Å². The quantitative estimate of drug-likeness (QED) is 0.442. The van der Waals surface area contributed by atoms with Crippen LogP contribution in [0.25, 0.3) is 10.6 Å². The van der Waals surface area contributed by atoms with Crippen molar-refractivity contribution in [3.8, 4) is 10.6 Å². The van der Waals surface area contributed by atoms with Gasteiger partial charge in [0.15, 0.2) is 0 Å². The number of rotatable bonds is 7. The summed E-state index contributed by atoms with van der Waals surface area (Å²) in [7, 11) is 0. The predicted molar refractivity (Wildman–Crippen MR) is 127 cm³/mol. The normalized spacial score (nSPS) is 11.5. The molecule has 0 radical (unpaired) electrons. The Hall–Kier alpha value is -3.84. The lowest BCUT2D eigenvalue weighted by atomic mass is 10.0. The van der Waals surface area contributed by atoms with Gasteiger partial charge in [0, 0.05) is 17.5 Å². The molecule has 4 rings (SSSR count). The highest BCUT2D eigenvalue weighted by Gasteiger charge is 2.24. The number of carbonyl (C=O) groups excluding carboxylic acids is 2. The van der Waals surface area contributed by atoms with Crippen LogP contribution in [0.15, 0.2) is 84.9 Å². The first-order valence-electron chi connectivity index (χ1n) is 10.2. The van der Waals surface area contributed by atoms with E-state index in [1.165, 1.54) is 11.3 Å². The number of nitrogens with zero attached hydrogens (tertiary/aromatic N) is 2. The van der Waals surface area contributed by atoms with Crippen molar-refractivity contribution in [2.45, 2.75) is 19.4 Å². The van der Waals surface area contributed by atoms with Crippen LogP contribution in [0, 0.1) is 6.92 Å². The average Bonchev–Trinajstić information content (AvgIpc) is 3.28. The van der Waals surface area contributed by atoms with Crippen molar-refractivity contribution in [1.29, 1.82) is 0 Å². The van der Waals surface area contributed by atoms with Gasteiger partial charge in [0.05, 0.1) is 0 Å². The lowest BCUT2D eigenvalue weighted by Gasteiger charge is -2.18. The molecule has 3 aromatic carbocycles. The highest BCUT2D eigenvalue weighted by atomic mass is 32.1. The number of nitrogens with one attached hydrogen (secondary N) is 2. The van der Waals surface area contributed by atoms with Crippen LogP contribution in [0.4, 0.5) is 5.13 Å². The molecule has 0 aliphatic heterocycles. The Bertz CT molecular complexity index is 1210. The molecule has 0 aliphatic carbocycles. The van der Waals surface area contributed by atoms with Gasteiger partial charge in [-0.2, -0.15) is 0 Å². The number of anilines is 1. The second-order valence-corrected chi connectivity index (χ2v) is 8.28. The first kappa shape index (κ1) is 21.4. The summed E-state index contributed by atoms with van der Waals surface area (Å²) >= 11 is 1.29. The number of hydrogen-bond donors (Lipinski definition) is 2. The van der Waals surface area contributed by atoms with Crippen molar-refractivity contribution in [1.82, 2.24) is 15.5 Å². The van der Waals surface area contributed by atoms with Crippen molar-refractivity contribution in [2.24, 2.45) is 0 Å². The van der Waals surface area contributed by atoms with Gasteiger partial charge in [-0.05, 0) is 24.1 Å². The van der Waals surface area contributed by atoms with E-state index in [9.17, 15) is 9.59 Å². The Morgan fingerprint density at radius 2 is 1.53 bits per heavy atom. The zero-order valence-electron chi connectivity index (χ0n) is 17.5. The van der Waals surface area contributed by atoms with Crippen LogP contribution in [-0.4, -0.2) is 28.1 Å².